The van der Waals surface area contributed by atoms with Gasteiger partial charge in [0.2, 0.25) is 0 Å². The summed E-state index contributed by atoms with van der Waals surface area (Å²) in [7, 11) is 0. The van der Waals surface area contributed by atoms with Crippen molar-refractivity contribution >= 4 is 56.6 Å². The number of fused-ring (bicyclic) bond motifs is 5. The molecule has 1 aliphatic heterocycles. The number of rotatable bonds is 1. The molecule has 0 saturated heterocycles. The highest BCUT2D eigenvalue weighted by molar-refractivity contribution is 7.99. The summed E-state index contributed by atoms with van der Waals surface area (Å²) in [5.74, 6) is 1.08. The lowest BCUT2D eigenvalue weighted by Gasteiger charge is -2.14. The van der Waals surface area contributed by atoms with Gasteiger partial charge < -0.3 is 0 Å². The van der Waals surface area contributed by atoms with Crippen LogP contribution < -0.4 is 0 Å². The average Bonchev–Trinajstić information content (AvgIpc) is 3.10. The fraction of sp³-hybridized carbons (Fsp3) is 0.0952. The minimum Gasteiger partial charge on any atom is -0.247 e. The van der Waals surface area contributed by atoms with Gasteiger partial charge in [0.1, 0.15) is 0 Å². The second-order valence-electron chi connectivity index (χ2n) is 6.17. The number of nitrogens with zero attached hydrogens (tertiary/aromatic N) is 1. The smallest absolute Gasteiger partial charge is 0.0863 e. The van der Waals surface area contributed by atoms with E-state index < -0.39 is 0 Å². The zero-order valence-electron chi connectivity index (χ0n) is 13.2. The van der Waals surface area contributed by atoms with Gasteiger partial charge in [0.05, 0.1) is 16.2 Å². The molecule has 3 aromatic carbocycles. The predicted molar refractivity (Wildman–Crippen MR) is 109 cm³/mol. The van der Waals surface area contributed by atoms with Gasteiger partial charge in [-0.3, -0.25) is 0 Å². The maximum absolute atomic E-state index is 6.48. The molecule has 1 nitrogen and oxygen atoms in total. The lowest BCUT2D eigenvalue weighted by molar-refractivity contribution is 1.15. The molecule has 25 heavy (non-hydrogen) atoms. The molecule has 0 radical (unpaired) electrons. The summed E-state index contributed by atoms with van der Waals surface area (Å²) in [5.41, 5.74) is 4.35. The monoisotopic (exact) mass is 381 g/mol. The second-order valence-corrected chi connectivity index (χ2v) is 8.12. The molecule has 1 aromatic heterocycles. The largest absolute Gasteiger partial charge is 0.247 e. The summed E-state index contributed by atoms with van der Waals surface area (Å²) < 4.78 is 0. The van der Waals surface area contributed by atoms with E-state index in [-0.39, 0.29) is 0 Å². The van der Waals surface area contributed by atoms with E-state index in [0.717, 1.165) is 28.9 Å². The quantitative estimate of drug-likeness (QED) is 0.329. The number of hydrogen-bond acceptors (Lipinski definition) is 2. The number of aromatic nitrogens is 1. The summed E-state index contributed by atoms with van der Waals surface area (Å²) in [6.45, 7) is 0. The minimum atomic E-state index is 0.643. The first-order chi connectivity index (χ1) is 12.2. The Morgan fingerprint density at radius 3 is 2.72 bits per heavy atom. The van der Waals surface area contributed by atoms with Crippen LogP contribution in [-0.2, 0) is 6.42 Å². The van der Waals surface area contributed by atoms with E-state index in [9.17, 15) is 0 Å². The Balaban J connectivity index is 1.89. The predicted octanol–water partition coefficient (Wildman–Crippen LogP) is 7.01. The van der Waals surface area contributed by atoms with Crippen molar-refractivity contribution in [1.82, 2.24) is 4.98 Å². The molecule has 4 aromatic rings. The molecule has 0 amide bonds. The highest BCUT2D eigenvalue weighted by atomic mass is 35.5. The molecule has 4 heteroatoms. The van der Waals surface area contributed by atoms with E-state index in [1.807, 2.05) is 23.9 Å². The van der Waals surface area contributed by atoms with Gasteiger partial charge in [-0.25, -0.2) is 4.98 Å². The van der Waals surface area contributed by atoms with Gasteiger partial charge in [0.15, 0.2) is 0 Å². The van der Waals surface area contributed by atoms with Crippen LogP contribution in [0.2, 0.25) is 10.0 Å². The summed E-state index contributed by atoms with van der Waals surface area (Å²) in [4.78, 5) is 6.27. The Labute approximate surface area is 160 Å². The first-order valence-electron chi connectivity index (χ1n) is 8.15. The molecule has 122 valence electrons. The van der Waals surface area contributed by atoms with Crippen LogP contribution in [0.1, 0.15) is 5.56 Å². The van der Waals surface area contributed by atoms with Gasteiger partial charge in [-0.1, -0.05) is 53.5 Å². The highest BCUT2D eigenvalue weighted by Crippen LogP contribution is 2.45. The van der Waals surface area contributed by atoms with E-state index in [0.29, 0.717) is 10.0 Å². The Kier molecular flexibility index (Phi) is 3.67. The zero-order chi connectivity index (χ0) is 17.0. The molecule has 5 rings (SSSR count). The Hall–Kier alpha value is -1.74. The van der Waals surface area contributed by atoms with E-state index in [2.05, 4.69) is 36.4 Å². The number of thioether (sulfide) groups is 1. The third-order valence-corrected chi connectivity index (χ3v) is 6.40. The van der Waals surface area contributed by atoms with Crippen LogP contribution in [0.4, 0.5) is 0 Å². The Morgan fingerprint density at radius 1 is 0.960 bits per heavy atom. The Morgan fingerprint density at radius 2 is 1.84 bits per heavy atom. The maximum atomic E-state index is 6.48. The lowest BCUT2D eigenvalue weighted by atomic mass is 9.97. The van der Waals surface area contributed by atoms with Gasteiger partial charge in [-0.05, 0) is 47.0 Å². The van der Waals surface area contributed by atoms with Gasteiger partial charge in [0.25, 0.3) is 0 Å². The molecule has 0 spiro atoms. The normalized spacial score (nSPS) is 13.5. The van der Waals surface area contributed by atoms with Crippen molar-refractivity contribution in [2.75, 3.05) is 5.75 Å². The van der Waals surface area contributed by atoms with E-state index in [1.165, 1.54) is 26.6 Å². The van der Waals surface area contributed by atoms with Gasteiger partial charge in [-0.15, -0.1) is 11.8 Å². The molecule has 0 aliphatic carbocycles. The average molecular weight is 382 g/mol. The van der Waals surface area contributed by atoms with Crippen molar-refractivity contribution < 1.29 is 0 Å². The van der Waals surface area contributed by atoms with Crippen LogP contribution in [0.3, 0.4) is 0 Å². The van der Waals surface area contributed by atoms with Crippen molar-refractivity contribution in [3.63, 3.8) is 0 Å². The molecule has 1 aliphatic rings. The molecule has 0 bridgehead atoms. The maximum Gasteiger partial charge on any atom is 0.0863 e. The van der Waals surface area contributed by atoms with Crippen molar-refractivity contribution in [2.45, 2.75) is 11.3 Å². The SMILES string of the molecule is Clc1ccc(-c2nc3ccc4ccccc4c3c3c2SCC3)c(Cl)c1. The second kappa shape index (κ2) is 5.91. The third kappa shape index (κ3) is 2.43. The van der Waals surface area contributed by atoms with Crippen LogP contribution in [-0.4, -0.2) is 10.7 Å². The number of hydrogen-bond donors (Lipinski definition) is 0. The number of halogens is 2. The minimum absolute atomic E-state index is 0.643. The highest BCUT2D eigenvalue weighted by Gasteiger charge is 2.23. The molecule has 0 unspecified atom stereocenters. The first kappa shape index (κ1) is 15.5. The van der Waals surface area contributed by atoms with Gasteiger partial charge in [-0.2, -0.15) is 0 Å². The summed E-state index contributed by atoms with van der Waals surface area (Å²) in [6, 6.07) is 18.4. The molecule has 0 saturated carbocycles. The lowest BCUT2D eigenvalue weighted by Crippen LogP contribution is -1.95. The fourth-order valence-corrected chi connectivity index (χ4v) is 5.29. The van der Waals surface area contributed by atoms with E-state index >= 15 is 0 Å². The van der Waals surface area contributed by atoms with Crippen molar-refractivity contribution in [2.24, 2.45) is 0 Å². The summed E-state index contributed by atoms with van der Waals surface area (Å²) >= 11 is 14.4. The standard InChI is InChI=1S/C21H13Cl2NS/c22-13-6-7-15(17(23)11-13)20-21-16(9-10-25-21)19-14-4-2-1-3-12(14)5-8-18(19)24-20/h1-8,11H,9-10H2. The first-order valence-corrected chi connectivity index (χ1v) is 9.89. The zero-order valence-corrected chi connectivity index (χ0v) is 15.6. The van der Waals surface area contributed by atoms with Gasteiger partial charge in [0, 0.05) is 26.6 Å². The summed E-state index contributed by atoms with van der Waals surface area (Å²) in [6.07, 6.45) is 1.06. The number of benzene rings is 3. The van der Waals surface area contributed by atoms with E-state index in [4.69, 9.17) is 28.2 Å². The van der Waals surface area contributed by atoms with Gasteiger partial charge >= 0.3 is 0 Å². The third-order valence-electron chi connectivity index (χ3n) is 4.71. The van der Waals surface area contributed by atoms with Crippen LogP contribution in [0, 0.1) is 0 Å². The molecule has 0 atom stereocenters. The van der Waals surface area contributed by atoms with Crippen LogP contribution in [0.25, 0.3) is 32.9 Å². The molecular weight excluding hydrogens is 369 g/mol. The van der Waals surface area contributed by atoms with E-state index in [1.54, 1.807) is 6.07 Å². The van der Waals surface area contributed by atoms with Crippen molar-refractivity contribution in [1.29, 1.82) is 0 Å². The van der Waals surface area contributed by atoms with Crippen LogP contribution in [0.5, 0.6) is 0 Å². The molecule has 0 N–H and O–H groups in total. The van der Waals surface area contributed by atoms with Crippen molar-refractivity contribution in [3.05, 3.63) is 70.2 Å². The number of aryl methyl sites for hydroxylation is 1. The van der Waals surface area contributed by atoms with Crippen molar-refractivity contribution in [3.8, 4) is 11.3 Å². The molecule has 2 heterocycles. The van der Waals surface area contributed by atoms with Crippen LogP contribution >= 0.6 is 35.0 Å². The van der Waals surface area contributed by atoms with Crippen LogP contribution in [0.15, 0.2) is 59.5 Å². The molecular formula is C21H13Cl2NS. The summed E-state index contributed by atoms with van der Waals surface area (Å²) in [5, 5.41) is 5.11. The Bertz CT molecular complexity index is 1150. The fourth-order valence-electron chi connectivity index (χ4n) is 3.61. The topological polar surface area (TPSA) is 12.9 Å². The molecule has 0 fully saturated rings. The number of pyridine rings is 1.